The molecule has 1 aromatic rings. The molecule has 110 valence electrons. The lowest BCUT2D eigenvalue weighted by Gasteiger charge is -2.21. The maximum absolute atomic E-state index is 11.9. The maximum atomic E-state index is 11.9. The molecular weight excluding hydrogens is 256 g/mol. The van der Waals surface area contributed by atoms with E-state index < -0.39 is 5.97 Å². The number of amides is 2. The molecule has 3 N–H and O–H groups in total. The summed E-state index contributed by atoms with van der Waals surface area (Å²) < 4.78 is 0. The molecule has 0 saturated carbocycles. The highest BCUT2D eigenvalue weighted by Gasteiger charge is 2.19. The number of urea groups is 1. The number of nitrogens with one attached hydrogen (secondary N) is 2. The third kappa shape index (κ3) is 5.30. The van der Waals surface area contributed by atoms with E-state index in [4.69, 9.17) is 5.11 Å². The molecule has 0 heterocycles. The summed E-state index contributed by atoms with van der Waals surface area (Å²) in [4.78, 5) is 22.7. The fourth-order valence-electron chi connectivity index (χ4n) is 1.85. The fraction of sp³-hybridized carbons (Fsp3) is 0.467. The number of aryl methyl sites for hydroxylation is 1. The van der Waals surface area contributed by atoms with Crippen molar-refractivity contribution < 1.29 is 14.7 Å². The Morgan fingerprint density at radius 3 is 2.55 bits per heavy atom. The van der Waals surface area contributed by atoms with Crippen LogP contribution in [0.4, 0.5) is 10.5 Å². The summed E-state index contributed by atoms with van der Waals surface area (Å²) in [5, 5.41) is 14.3. The second-order valence-electron chi connectivity index (χ2n) is 5.10. The van der Waals surface area contributed by atoms with Crippen LogP contribution in [0.3, 0.4) is 0 Å². The van der Waals surface area contributed by atoms with Crippen molar-refractivity contribution in [2.24, 2.45) is 5.92 Å². The molecule has 0 fully saturated rings. The molecule has 0 bridgehead atoms. The molecule has 20 heavy (non-hydrogen) atoms. The third-order valence-corrected chi connectivity index (χ3v) is 3.11. The molecule has 1 atom stereocenters. The number of hydrogen-bond donors (Lipinski definition) is 3. The number of carboxylic acids is 1. The van der Waals surface area contributed by atoms with Gasteiger partial charge in [-0.15, -0.1) is 0 Å². The first-order valence-electron chi connectivity index (χ1n) is 6.80. The lowest BCUT2D eigenvalue weighted by molar-refractivity contribution is -0.137. The Bertz CT molecular complexity index is 472. The molecule has 0 spiro atoms. The van der Waals surface area contributed by atoms with Crippen LogP contribution in [0.25, 0.3) is 0 Å². The van der Waals surface area contributed by atoms with Crippen LogP contribution in [-0.2, 0) is 11.2 Å². The van der Waals surface area contributed by atoms with E-state index in [9.17, 15) is 9.59 Å². The van der Waals surface area contributed by atoms with Crippen molar-refractivity contribution in [3.63, 3.8) is 0 Å². The Morgan fingerprint density at radius 2 is 2.00 bits per heavy atom. The molecule has 0 aliphatic carbocycles. The number of carbonyl (C=O) groups excluding carboxylic acids is 1. The Balaban J connectivity index is 2.62. The van der Waals surface area contributed by atoms with Crippen molar-refractivity contribution >= 4 is 17.7 Å². The topological polar surface area (TPSA) is 78.4 Å². The second-order valence-corrected chi connectivity index (χ2v) is 5.10. The van der Waals surface area contributed by atoms with Gasteiger partial charge < -0.3 is 15.7 Å². The van der Waals surface area contributed by atoms with Gasteiger partial charge in [0, 0.05) is 11.7 Å². The summed E-state index contributed by atoms with van der Waals surface area (Å²) >= 11 is 0. The van der Waals surface area contributed by atoms with Crippen molar-refractivity contribution in [2.45, 2.75) is 39.7 Å². The summed E-state index contributed by atoms with van der Waals surface area (Å²) in [6, 6.07) is 6.82. The molecule has 2 amide bonds. The van der Waals surface area contributed by atoms with Crippen molar-refractivity contribution in [1.29, 1.82) is 0 Å². The second kappa shape index (κ2) is 7.53. The van der Waals surface area contributed by atoms with Gasteiger partial charge in [0.25, 0.3) is 0 Å². The molecular formula is C15H22N2O3. The van der Waals surface area contributed by atoms with E-state index in [0.29, 0.717) is 5.69 Å². The van der Waals surface area contributed by atoms with Crippen molar-refractivity contribution in [2.75, 3.05) is 5.32 Å². The van der Waals surface area contributed by atoms with Gasteiger partial charge in [-0.05, 0) is 30.0 Å². The summed E-state index contributed by atoms with van der Waals surface area (Å²) in [6.07, 6.45) is 0.810. The summed E-state index contributed by atoms with van der Waals surface area (Å²) in [5.41, 5.74) is 1.84. The minimum atomic E-state index is -0.919. The average Bonchev–Trinajstić information content (AvgIpc) is 2.37. The highest BCUT2D eigenvalue weighted by Crippen LogP contribution is 2.12. The van der Waals surface area contributed by atoms with Crippen LogP contribution in [0, 0.1) is 5.92 Å². The van der Waals surface area contributed by atoms with Gasteiger partial charge in [0.15, 0.2) is 0 Å². The number of benzene rings is 1. The van der Waals surface area contributed by atoms with E-state index in [1.165, 1.54) is 0 Å². The lowest BCUT2D eigenvalue weighted by Crippen LogP contribution is -2.42. The van der Waals surface area contributed by atoms with Gasteiger partial charge in [-0.3, -0.25) is 4.79 Å². The molecule has 0 aromatic heterocycles. The van der Waals surface area contributed by atoms with E-state index in [0.717, 1.165) is 12.0 Å². The Labute approximate surface area is 119 Å². The van der Waals surface area contributed by atoms with Crippen molar-refractivity contribution in [3.05, 3.63) is 29.8 Å². The van der Waals surface area contributed by atoms with Crippen LogP contribution < -0.4 is 10.6 Å². The smallest absolute Gasteiger partial charge is 0.319 e. The predicted octanol–water partition coefficient (Wildman–Crippen LogP) is 2.87. The highest BCUT2D eigenvalue weighted by atomic mass is 16.4. The molecule has 0 saturated heterocycles. The van der Waals surface area contributed by atoms with Crippen molar-refractivity contribution in [3.8, 4) is 0 Å². The Morgan fingerprint density at radius 1 is 1.30 bits per heavy atom. The van der Waals surface area contributed by atoms with Crippen LogP contribution in [0.1, 0.15) is 32.8 Å². The predicted molar refractivity (Wildman–Crippen MR) is 78.9 cm³/mol. The van der Waals surface area contributed by atoms with Gasteiger partial charge in [0.2, 0.25) is 0 Å². The zero-order valence-corrected chi connectivity index (χ0v) is 12.1. The summed E-state index contributed by atoms with van der Waals surface area (Å²) in [5.74, 6) is -0.865. The first-order valence-corrected chi connectivity index (χ1v) is 6.80. The third-order valence-electron chi connectivity index (χ3n) is 3.11. The number of rotatable bonds is 6. The Kier molecular flexibility index (Phi) is 6.03. The van der Waals surface area contributed by atoms with Gasteiger partial charge in [0.1, 0.15) is 0 Å². The van der Waals surface area contributed by atoms with E-state index in [1.54, 1.807) is 6.07 Å². The highest BCUT2D eigenvalue weighted by molar-refractivity contribution is 5.89. The molecule has 0 aliphatic heterocycles. The first kappa shape index (κ1) is 16.0. The minimum absolute atomic E-state index is 0.0545. The monoisotopic (exact) mass is 278 g/mol. The van der Waals surface area contributed by atoms with Gasteiger partial charge in [-0.1, -0.05) is 32.9 Å². The van der Waals surface area contributed by atoms with Gasteiger partial charge in [-0.2, -0.15) is 0 Å². The number of aliphatic carboxylic acids is 1. The lowest BCUT2D eigenvalue weighted by atomic mass is 10.0. The molecule has 0 radical (unpaired) electrons. The van der Waals surface area contributed by atoms with Crippen LogP contribution in [-0.4, -0.2) is 23.1 Å². The molecule has 1 aromatic carbocycles. The fourth-order valence-corrected chi connectivity index (χ4v) is 1.85. The van der Waals surface area contributed by atoms with Crippen LogP contribution in [0.15, 0.2) is 24.3 Å². The van der Waals surface area contributed by atoms with E-state index in [-0.39, 0.29) is 24.4 Å². The largest absolute Gasteiger partial charge is 0.481 e. The molecule has 1 unspecified atom stereocenters. The maximum Gasteiger partial charge on any atom is 0.319 e. The SMILES string of the molecule is CCc1cccc(NC(=O)NC(CC(=O)O)C(C)C)c1. The average molecular weight is 278 g/mol. The quantitative estimate of drug-likeness (QED) is 0.748. The van der Waals surface area contributed by atoms with Gasteiger partial charge in [0.05, 0.1) is 6.42 Å². The normalized spacial score (nSPS) is 12.0. The first-order chi connectivity index (χ1) is 9.42. The molecule has 1 rings (SSSR count). The zero-order chi connectivity index (χ0) is 15.1. The summed E-state index contributed by atoms with van der Waals surface area (Å²) in [6.45, 7) is 5.80. The van der Waals surface area contributed by atoms with Crippen LogP contribution in [0.2, 0.25) is 0 Å². The van der Waals surface area contributed by atoms with Crippen molar-refractivity contribution in [1.82, 2.24) is 5.32 Å². The van der Waals surface area contributed by atoms with Crippen LogP contribution in [0.5, 0.6) is 0 Å². The van der Waals surface area contributed by atoms with Crippen LogP contribution >= 0.6 is 0 Å². The Hall–Kier alpha value is -2.04. The minimum Gasteiger partial charge on any atom is -0.481 e. The number of anilines is 1. The number of carboxylic acid groups (broad SMARTS) is 1. The van der Waals surface area contributed by atoms with E-state index >= 15 is 0 Å². The van der Waals surface area contributed by atoms with Gasteiger partial charge in [-0.25, -0.2) is 4.79 Å². The molecule has 5 heteroatoms. The van der Waals surface area contributed by atoms with Gasteiger partial charge >= 0.3 is 12.0 Å². The molecule has 5 nitrogen and oxygen atoms in total. The standard InChI is InChI=1S/C15H22N2O3/c1-4-11-6-5-7-12(8-11)16-15(20)17-13(10(2)3)9-14(18)19/h5-8,10,13H,4,9H2,1-3H3,(H,18,19)(H2,16,17,20). The zero-order valence-electron chi connectivity index (χ0n) is 12.1. The van der Waals surface area contributed by atoms with E-state index in [2.05, 4.69) is 10.6 Å². The van der Waals surface area contributed by atoms with E-state index in [1.807, 2.05) is 39.0 Å². The number of hydrogen-bond acceptors (Lipinski definition) is 2. The summed E-state index contributed by atoms with van der Waals surface area (Å²) in [7, 11) is 0. The number of carbonyl (C=O) groups is 2. The molecule has 0 aliphatic rings.